The normalized spacial score (nSPS) is 14.9. The van der Waals surface area contributed by atoms with Gasteiger partial charge in [-0.1, -0.05) is 0 Å². The first-order chi connectivity index (χ1) is 10.9. The summed E-state index contributed by atoms with van der Waals surface area (Å²) in [7, 11) is 1.51. The molecule has 1 aromatic carbocycles. The maximum absolute atomic E-state index is 12.3. The quantitative estimate of drug-likeness (QED) is 0.752. The van der Waals surface area contributed by atoms with Crippen LogP contribution in [0.2, 0.25) is 0 Å². The fourth-order valence-corrected chi connectivity index (χ4v) is 2.31. The molecule has 0 bridgehead atoms. The van der Waals surface area contributed by atoms with E-state index in [2.05, 4.69) is 16.0 Å². The summed E-state index contributed by atoms with van der Waals surface area (Å²) in [5.74, 6) is 0.00980. The van der Waals surface area contributed by atoms with Crippen LogP contribution in [-0.2, 0) is 9.59 Å². The lowest BCUT2D eigenvalue weighted by Gasteiger charge is -2.21. The van der Waals surface area contributed by atoms with Gasteiger partial charge in [0.05, 0.1) is 12.8 Å². The molecule has 8 heteroatoms. The predicted octanol–water partition coefficient (Wildman–Crippen LogP) is 1.01. The van der Waals surface area contributed by atoms with Gasteiger partial charge in [-0.3, -0.25) is 14.5 Å². The molecule has 1 heterocycles. The Kier molecular flexibility index (Phi) is 5.05. The van der Waals surface area contributed by atoms with Crippen LogP contribution in [0.25, 0.3) is 0 Å². The van der Waals surface area contributed by atoms with Crippen molar-refractivity contribution in [2.45, 2.75) is 19.9 Å². The highest BCUT2D eigenvalue weighted by Crippen LogP contribution is 2.28. The Hall–Kier alpha value is -2.77. The van der Waals surface area contributed by atoms with Crippen molar-refractivity contribution in [3.63, 3.8) is 0 Å². The SMILES string of the molecule is COc1ccc(NC(C)=O)cc1N[C@@H](C)C(=O)N1CCNC1=O. The van der Waals surface area contributed by atoms with Crippen LogP contribution in [0.1, 0.15) is 13.8 Å². The molecule has 2 rings (SSSR count). The van der Waals surface area contributed by atoms with Crippen LogP contribution in [0, 0.1) is 0 Å². The molecule has 124 valence electrons. The number of rotatable bonds is 5. The van der Waals surface area contributed by atoms with E-state index in [4.69, 9.17) is 4.74 Å². The fourth-order valence-electron chi connectivity index (χ4n) is 2.31. The lowest BCUT2D eigenvalue weighted by atomic mass is 10.2. The Morgan fingerprint density at radius 1 is 1.39 bits per heavy atom. The second-order valence-electron chi connectivity index (χ2n) is 5.18. The molecule has 0 saturated carbocycles. The summed E-state index contributed by atoms with van der Waals surface area (Å²) in [6.45, 7) is 3.89. The van der Waals surface area contributed by atoms with Gasteiger partial charge in [-0.05, 0) is 25.1 Å². The van der Waals surface area contributed by atoms with E-state index in [9.17, 15) is 14.4 Å². The summed E-state index contributed by atoms with van der Waals surface area (Å²) in [5.41, 5.74) is 1.14. The maximum atomic E-state index is 12.3. The number of nitrogens with one attached hydrogen (secondary N) is 3. The molecule has 8 nitrogen and oxygen atoms in total. The van der Waals surface area contributed by atoms with Crippen molar-refractivity contribution in [3.05, 3.63) is 18.2 Å². The first-order valence-electron chi connectivity index (χ1n) is 7.23. The number of ether oxygens (including phenoxy) is 1. The molecule has 1 aromatic rings. The molecule has 0 aliphatic carbocycles. The number of carbonyl (C=O) groups excluding carboxylic acids is 3. The predicted molar refractivity (Wildman–Crippen MR) is 85.5 cm³/mol. The van der Waals surface area contributed by atoms with Crippen LogP contribution in [0.4, 0.5) is 16.2 Å². The van der Waals surface area contributed by atoms with Gasteiger partial charge in [0.15, 0.2) is 0 Å². The van der Waals surface area contributed by atoms with Crippen LogP contribution < -0.4 is 20.7 Å². The summed E-state index contributed by atoms with van der Waals surface area (Å²) in [4.78, 5) is 36.2. The molecular weight excluding hydrogens is 300 g/mol. The number of carbonyl (C=O) groups is 3. The highest BCUT2D eigenvalue weighted by atomic mass is 16.5. The van der Waals surface area contributed by atoms with Crippen molar-refractivity contribution < 1.29 is 19.1 Å². The first-order valence-corrected chi connectivity index (χ1v) is 7.23. The third kappa shape index (κ3) is 3.91. The Balaban J connectivity index is 2.15. The van der Waals surface area contributed by atoms with Crippen LogP contribution in [0.15, 0.2) is 18.2 Å². The van der Waals surface area contributed by atoms with E-state index >= 15 is 0 Å². The molecule has 1 fully saturated rings. The second-order valence-corrected chi connectivity index (χ2v) is 5.18. The average molecular weight is 320 g/mol. The van der Waals surface area contributed by atoms with E-state index in [1.54, 1.807) is 25.1 Å². The Bertz CT molecular complexity index is 632. The van der Waals surface area contributed by atoms with Gasteiger partial charge in [-0.2, -0.15) is 0 Å². The van der Waals surface area contributed by atoms with E-state index in [1.165, 1.54) is 18.9 Å². The topological polar surface area (TPSA) is 99.8 Å². The second kappa shape index (κ2) is 6.99. The number of benzene rings is 1. The third-order valence-corrected chi connectivity index (χ3v) is 3.39. The number of nitrogens with zero attached hydrogens (tertiary/aromatic N) is 1. The number of hydrogen-bond acceptors (Lipinski definition) is 5. The van der Waals surface area contributed by atoms with Crippen molar-refractivity contribution in [1.29, 1.82) is 0 Å². The third-order valence-electron chi connectivity index (χ3n) is 3.39. The van der Waals surface area contributed by atoms with Crippen molar-refractivity contribution >= 4 is 29.2 Å². The van der Waals surface area contributed by atoms with Gasteiger partial charge >= 0.3 is 6.03 Å². The number of methoxy groups -OCH3 is 1. The highest BCUT2D eigenvalue weighted by Gasteiger charge is 2.30. The van der Waals surface area contributed by atoms with Crippen molar-refractivity contribution in [1.82, 2.24) is 10.2 Å². The first kappa shape index (κ1) is 16.6. The number of urea groups is 1. The molecule has 4 amide bonds. The van der Waals surface area contributed by atoms with Crippen LogP contribution in [0.5, 0.6) is 5.75 Å². The molecule has 3 N–H and O–H groups in total. The summed E-state index contributed by atoms with van der Waals surface area (Å²) >= 11 is 0. The molecule has 0 unspecified atom stereocenters. The number of imide groups is 1. The molecule has 0 spiro atoms. The zero-order valence-corrected chi connectivity index (χ0v) is 13.3. The lowest BCUT2D eigenvalue weighted by molar-refractivity contribution is -0.128. The molecule has 1 aliphatic rings. The molecule has 1 aliphatic heterocycles. The summed E-state index contributed by atoms with van der Waals surface area (Å²) < 4.78 is 5.25. The molecule has 0 radical (unpaired) electrons. The van der Waals surface area contributed by atoms with Crippen LogP contribution in [0.3, 0.4) is 0 Å². The fraction of sp³-hybridized carbons (Fsp3) is 0.400. The van der Waals surface area contributed by atoms with Gasteiger partial charge in [-0.25, -0.2) is 4.79 Å². The van der Waals surface area contributed by atoms with Gasteiger partial charge in [0.1, 0.15) is 11.8 Å². The highest BCUT2D eigenvalue weighted by molar-refractivity contribution is 5.99. The molecule has 0 aromatic heterocycles. The Labute approximate surface area is 134 Å². The molecular formula is C15H20N4O4. The van der Waals surface area contributed by atoms with Crippen molar-refractivity contribution in [3.8, 4) is 5.75 Å². The van der Waals surface area contributed by atoms with Gasteiger partial charge in [0.25, 0.3) is 5.91 Å². The standard InChI is InChI=1S/C15H20N4O4/c1-9(14(21)19-7-6-16-15(19)22)17-12-8-11(18-10(2)20)4-5-13(12)23-3/h4-5,8-9,17H,6-7H2,1-3H3,(H,16,22)(H,18,20)/t9-/m0/s1. The average Bonchev–Trinajstić information content (AvgIpc) is 2.92. The lowest BCUT2D eigenvalue weighted by Crippen LogP contribution is -2.43. The molecule has 1 saturated heterocycles. The van der Waals surface area contributed by atoms with E-state index in [0.29, 0.717) is 30.2 Å². The van der Waals surface area contributed by atoms with E-state index in [1.807, 2.05) is 0 Å². The van der Waals surface area contributed by atoms with Crippen LogP contribution >= 0.6 is 0 Å². The monoisotopic (exact) mass is 320 g/mol. The zero-order chi connectivity index (χ0) is 17.0. The largest absolute Gasteiger partial charge is 0.495 e. The maximum Gasteiger partial charge on any atom is 0.324 e. The number of amides is 4. The Morgan fingerprint density at radius 2 is 2.13 bits per heavy atom. The summed E-state index contributed by atoms with van der Waals surface area (Å²) in [6, 6.07) is 4.05. The zero-order valence-electron chi connectivity index (χ0n) is 13.3. The smallest absolute Gasteiger partial charge is 0.324 e. The summed E-state index contributed by atoms with van der Waals surface area (Å²) in [5, 5.41) is 8.28. The van der Waals surface area contributed by atoms with E-state index < -0.39 is 6.04 Å². The minimum Gasteiger partial charge on any atom is -0.495 e. The number of hydrogen-bond donors (Lipinski definition) is 3. The van der Waals surface area contributed by atoms with Crippen molar-refractivity contribution in [2.24, 2.45) is 0 Å². The molecule has 23 heavy (non-hydrogen) atoms. The summed E-state index contributed by atoms with van der Waals surface area (Å²) in [6.07, 6.45) is 0. The van der Waals surface area contributed by atoms with Crippen molar-refractivity contribution in [2.75, 3.05) is 30.8 Å². The van der Waals surface area contributed by atoms with Gasteiger partial charge in [0.2, 0.25) is 5.91 Å². The minimum atomic E-state index is -0.625. The Morgan fingerprint density at radius 3 is 2.70 bits per heavy atom. The van der Waals surface area contributed by atoms with E-state index in [0.717, 1.165) is 0 Å². The number of anilines is 2. The van der Waals surface area contributed by atoms with Gasteiger partial charge in [0, 0.05) is 25.7 Å². The minimum absolute atomic E-state index is 0.195. The van der Waals surface area contributed by atoms with Gasteiger partial charge in [-0.15, -0.1) is 0 Å². The van der Waals surface area contributed by atoms with E-state index in [-0.39, 0.29) is 17.8 Å². The van der Waals surface area contributed by atoms with Gasteiger partial charge < -0.3 is 20.7 Å². The van der Waals surface area contributed by atoms with Crippen LogP contribution in [-0.4, -0.2) is 49.0 Å². The molecule has 1 atom stereocenters.